The van der Waals surface area contributed by atoms with Gasteiger partial charge in [0, 0.05) is 25.3 Å². The maximum absolute atomic E-state index is 12.5. The number of nitrogens with one attached hydrogen (secondary N) is 3. The lowest BCUT2D eigenvalue weighted by molar-refractivity contribution is -0.123. The second-order valence-corrected chi connectivity index (χ2v) is 6.44. The highest BCUT2D eigenvalue weighted by Crippen LogP contribution is 2.12. The third-order valence-corrected chi connectivity index (χ3v) is 3.45. The van der Waals surface area contributed by atoms with Gasteiger partial charge in [0.05, 0.1) is 6.07 Å². The molecule has 0 saturated heterocycles. The van der Waals surface area contributed by atoms with Crippen molar-refractivity contribution in [2.24, 2.45) is 5.92 Å². The van der Waals surface area contributed by atoms with E-state index in [4.69, 9.17) is 5.26 Å². The van der Waals surface area contributed by atoms with Crippen molar-refractivity contribution < 1.29 is 14.4 Å². The molecule has 0 heterocycles. The molecule has 0 spiro atoms. The van der Waals surface area contributed by atoms with Gasteiger partial charge in [-0.2, -0.15) is 5.26 Å². The van der Waals surface area contributed by atoms with E-state index >= 15 is 0 Å². The highest BCUT2D eigenvalue weighted by Gasteiger charge is 2.22. The first-order valence-corrected chi connectivity index (χ1v) is 8.28. The average Bonchev–Trinajstić information content (AvgIpc) is 2.58. The highest BCUT2D eigenvalue weighted by atomic mass is 16.2. The Hall–Kier alpha value is -3.08. The predicted octanol–water partition coefficient (Wildman–Crippen LogP) is 1.56. The molecule has 1 aromatic carbocycles. The Labute approximate surface area is 153 Å². The fourth-order valence-corrected chi connectivity index (χ4v) is 2.17. The van der Waals surface area contributed by atoms with E-state index in [-0.39, 0.29) is 18.5 Å². The number of carbonyl (C=O) groups excluding carboxylic acids is 3. The minimum absolute atomic E-state index is 0.116. The lowest BCUT2D eigenvalue weighted by Crippen LogP contribution is -2.47. The molecular weight excluding hydrogens is 334 g/mol. The lowest BCUT2D eigenvalue weighted by Gasteiger charge is -2.20. The van der Waals surface area contributed by atoms with Crippen LogP contribution in [0.3, 0.4) is 0 Å². The first kappa shape index (κ1) is 21.0. The van der Waals surface area contributed by atoms with E-state index in [1.807, 2.05) is 19.9 Å². The molecule has 1 unspecified atom stereocenters. The minimum atomic E-state index is -0.740. The summed E-state index contributed by atoms with van der Waals surface area (Å²) in [5, 5.41) is 16.4. The number of nitriles is 1. The molecule has 0 aliphatic carbocycles. The van der Waals surface area contributed by atoms with E-state index in [0.29, 0.717) is 17.7 Å². The molecule has 0 aromatic heterocycles. The van der Waals surface area contributed by atoms with Crippen LogP contribution in [0.2, 0.25) is 0 Å². The van der Waals surface area contributed by atoms with Crippen LogP contribution in [0, 0.1) is 17.2 Å². The number of hydrogen-bond donors (Lipinski definition) is 3. The van der Waals surface area contributed by atoms with E-state index < -0.39 is 17.9 Å². The number of nitrogens with zero attached hydrogens (tertiary/aromatic N) is 2. The number of hydrogen-bond acceptors (Lipinski definition) is 4. The Morgan fingerprint density at radius 1 is 1.23 bits per heavy atom. The number of benzene rings is 1. The van der Waals surface area contributed by atoms with Gasteiger partial charge in [0.2, 0.25) is 5.91 Å². The number of rotatable bonds is 7. The Morgan fingerprint density at radius 3 is 2.50 bits per heavy atom. The predicted molar refractivity (Wildman–Crippen MR) is 98.5 cm³/mol. The second kappa shape index (κ2) is 10.0. The summed E-state index contributed by atoms with van der Waals surface area (Å²) in [5.41, 5.74) is 0.800. The van der Waals surface area contributed by atoms with Crippen LogP contribution in [0.1, 0.15) is 30.6 Å². The fourth-order valence-electron chi connectivity index (χ4n) is 2.17. The minimum Gasteiger partial charge on any atom is -0.341 e. The average molecular weight is 359 g/mol. The highest BCUT2D eigenvalue weighted by molar-refractivity contribution is 5.99. The molecule has 1 atom stereocenters. The number of carbonyl (C=O) groups is 3. The Balaban J connectivity index is 2.87. The summed E-state index contributed by atoms with van der Waals surface area (Å²) < 4.78 is 0. The van der Waals surface area contributed by atoms with Gasteiger partial charge >= 0.3 is 6.03 Å². The third-order valence-electron chi connectivity index (χ3n) is 3.45. The van der Waals surface area contributed by atoms with Crippen molar-refractivity contribution in [3.05, 3.63) is 29.8 Å². The Bertz CT molecular complexity index is 694. The summed E-state index contributed by atoms with van der Waals surface area (Å²) in [7, 11) is 3.23. The Morgan fingerprint density at radius 2 is 1.92 bits per heavy atom. The van der Waals surface area contributed by atoms with Gasteiger partial charge in [0.15, 0.2) is 0 Å². The van der Waals surface area contributed by atoms with Crippen LogP contribution >= 0.6 is 0 Å². The molecule has 0 radical (unpaired) electrons. The molecular formula is C18H25N5O3. The summed E-state index contributed by atoms with van der Waals surface area (Å²) in [6.07, 6.45) is 0.445. The van der Waals surface area contributed by atoms with Gasteiger partial charge in [-0.1, -0.05) is 19.9 Å². The van der Waals surface area contributed by atoms with E-state index in [0.717, 1.165) is 0 Å². The topological polar surface area (TPSA) is 114 Å². The fraction of sp³-hybridized carbons (Fsp3) is 0.444. The normalized spacial score (nSPS) is 11.2. The maximum Gasteiger partial charge on any atom is 0.321 e. The molecule has 8 heteroatoms. The van der Waals surface area contributed by atoms with Crippen LogP contribution in [0.15, 0.2) is 24.3 Å². The standard InChI is InChI=1S/C18H25N5O3/c1-12(2)10-15(17(25)20-9-8-19)22-16(24)13-6-5-7-14(11-13)21-18(26)23(3)4/h5-7,11-12,15H,9-10H2,1-4H3,(H,20,25)(H,21,26)(H,22,24). The van der Waals surface area contributed by atoms with Crippen LogP contribution in [-0.2, 0) is 4.79 Å². The van der Waals surface area contributed by atoms with Gasteiger partial charge < -0.3 is 20.9 Å². The first-order chi connectivity index (χ1) is 12.2. The molecule has 4 amide bonds. The molecule has 0 bridgehead atoms. The molecule has 0 fully saturated rings. The SMILES string of the molecule is CC(C)CC(NC(=O)c1cccc(NC(=O)N(C)C)c1)C(=O)NCC#N. The van der Waals surface area contributed by atoms with Gasteiger partial charge in [0.25, 0.3) is 5.91 Å². The molecule has 0 aliphatic rings. The molecule has 0 saturated carbocycles. The lowest BCUT2D eigenvalue weighted by atomic mass is 10.0. The van der Waals surface area contributed by atoms with E-state index in [2.05, 4.69) is 16.0 Å². The van der Waals surface area contributed by atoms with Crippen molar-refractivity contribution in [1.82, 2.24) is 15.5 Å². The zero-order chi connectivity index (χ0) is 19.7. The van der Waals surface area contributed by atoms with Crippen molar-refractivity contribution in [3.63, 3.8) is 0 Å². The number of amides is 4. The summed E-state index contributed by atoms with van der Waals surface area (Å²) in [5.74, 6) is -0.645. The first-order valence-electron chi connectivity index (χ1n) is 8.28. The quantitative estimate of drug-likeness (QED) is 0.641. The molecule has 8 nitrogen and oxygen atoms in total. The monoisotopic (exact) mass is 359 g/mol. The van der Waals surface area contributed by atoms with Crippen molar-refractivity contribution in [2.45, 2.75) is 26.3 Å². The summed E-state index contributed by atoms with van der Waals surface area (Å²) in [4.78, 5) is 37.8. The molecule has 1 rings (SSSR count). The van der Waals surface area contributed by atoms with Crippen LogP contribution in [0.25, 0.3) is 0 Å². The van der Waals surface area contributed by atoms with E-state index in [1.54, 1.807) is 32.3 Å². The summed E-state index contributed by atoms with van der Waals surface area (Å²) in [6, 6.07) is 7.24. The number of anilines is 1. The van der Waals surface area contributed by atoms with Gasteiger partial charge in [-0.05, 0) is 30.5 Å². The Kier molecular flexibility index (Phi) is 8.09. The van der Waals surface area contributed by atoms with Gasteiger partial charge in [-0.25, -0.2) is 4.79 Å². The van der Waals surface area contributed by atoms with E-state index in [9.17, 15) is 14.4 Å². The van der Waals surface area contributed by atoms with Crippen molar-refractivity contribution in [1.29, 1.82) is 5.26 Å². The summed E-state index contributed by atoms with van der Waals surface area (Å²) in [6.45, 7) is 3.76. The molecule has 0 aliphatic heterocycles. The molecule has 140 valence electrons. The van der Waals surface area contributed by atoms with Crippen molar-refractivity contribution >= 4 is 23.5 Å². The van der Waals surface area contributed by atoms with Gasteiger partial charge in [0.1, 0.15) is 12.6 Å². The number of urea groups is 1. The maximum atomic E-state index is 12.5. The van der Waals surface area contributed by atoms with Crippen molar-refractivity contribution in [3.8, 4) is 6.07 Å². The zero-order valence-electron chi connectivity index (χ0n) is 15.5. The van der Waals surface area contributed by atoms with Crippen LogP contribution in [-0.4, -0.2) is 49.4 Å². The molecule has 3 N–H and O–H groups in total. The summed E-state index contributed by atoms with van der Waals surface area (Å²) >= 11 is 0. The van der Waals surface area contributed by atoms with Gasteiger partial charge in [-0.3, -0.25) is 9.59 Å². The van der Waals surface area contributed by atoms with Crippen LogP contribution < -0.4 is 16.0 Å². The molecule has 1 aromatic rings. The van der Waals surface area contributed by atoms with Crippen LogP contribution in [0.5, 0.6) is 0 Å². The zero-order valence-corrected chi connectivity index (χ0v) is 15.5. The van der Waals surface area contributed by atoms with Crippen LogP contribution in [0.4, 0.5) is 10.5 Å². The van der Waals surface area contributed by atoms with Gasteiger partial charge in [-0.15, -0.1) is 0 Å². The third kappa shape index (κ3) is 6.81. The van der Waals surface area contributed by atoms with E-state index in [1.165, 1.54) is 11.0 Å². The second-order valence-electron chi connectivity index (χ2n) is 6.44. The van der Waals surface area contributed by atoms with Crippen molar-refractivity contribution in [2.75, 3.05) is 26.0 Å². The largest absolute Gasteiger partial charge is 0.341 e. The molecule has 26 heavy (non-hydrogen) atoms. The smallest absolute Gasteiger partial charge is 0.321 e.